The lowest BCUT2D eigenvalue weighted by atomic mass is 10.1. The van der Waals surface area contributed by atoms with Crippen molar-refractivity contribution in [3.8, 4) is 22.8 Å². The van der Waals surface area contributed by atoms with Gasteiger partial charge < -0.3 is 23.9 Å². The number of ether oxygens (including phenoxy) is 3. The highest BCUT2D eigenvalue weighted by atomic mass is 32.1. The number of pyridine rings is 1. The molecule has 2 N–H and O–H groups in total. The number of carboxylic acids is 1. The predicted octanol–water partition coefficient (Wildman–Crippen LogP) is 2.19. The highest BCUT2D eigenvalue weighted by molar-refractivity contribution is 7.71. The first-order valence-electron chi connectivity index (χ1n) is 8.29. The minimum atomic E-state index is -1.24. The molecule has 1 aliphatic heterocycles. The summed E-state index contributed by atoms with van der Waals surface area (Å²) in [4.78, 5) is 31.4. The van der Waals surface area contributed by atoms with Crippen LogP contribution in [-0.4, -0.2) is 46.1 Å². The Morgan fingerprint density at radius 1 is 1.36 bits per heavy atom. The van der Waals surface area contributed by atoms with E-state index >= 15 is 0 Å². The summed E-state index contributed by atoms with van der Waals surface area (Å²) in [5.74, 6) is -0.101. The molecule has 28 heavy (non-hydrogen) atoms. The topological polar surface area (TPSA) is 116 Å². The second kappa shape index (κ2) is 7.06. The zero-order valence-electron chi connectivity index (χ0n) is 14.7. The maximum Gasteiger partial charge on any atom is 0.336 e. The number of nitrogens with zero attached hydrogens (tertiary/aromatic N) is 2. The van der Waals surface area contributed by atoms with Gasteiger partial charge in [0.2, 0.25) is 6.79 Å². The third-order valence-electron chi connectivity index (χ3n) is 4.37. The quantitative estimate of drug-likeness (QED) is 0.625. The molecule has 0 saturated carbocycles. The number of carboxylic acid groups (broad SMARTS) is 1. The van der Waals surface area contributed by atoms with Crippen LogP contribution < -0.4 is 15.0 Å². The fourth-order valence-corrected chi connectivity index (χ4v) is 3.31. The number of aromatic amines is 1. The van der Waals surface area contributed by atoms with E-state index < -0.39 is 11.5 Å². The van der Waals surface area contributed by atoms with Crippen LogP contribution in [0, 0.1) is 4.77 Å². The van der Waals surface area contributed by atoms with Gasteiger partial charge in [0.05, 0.1) is 29.8 Å². The highest BCUT2D eigenvalue weighted by Crippen LogP contribution is 2.36. The molecule has 0 amide bonds. The summed E-state index contributed by atoms with van der Waals surface area (Å²) >= 11 is 5.24. The lowest BCUT2D eigenvalue weighted by Gasteiger charge is -2.13. The Morgan fingerprint density at radius 3 is 2.89 bits per heavy atom. The van der Waals surface area contributed by atoms with Crippen molar-refractivity contribution in [1.82, 2.24) is 14.5 Å². The van der Waals surface area contributed by atoms with Crippen LogP contribution >= 0.6 is 12.2 Å². The molecule has 1 aliphatic rings. The van der Waals surface area contributed by atoms with Gasteiger partial charge in [-0.2, -0.15) is 0 Å². The van der Waals surface area contributed by atoms with Gasteiger partial charge in [-0.1, -0.05) is 0 Å². The average Bonchev–Trinajstić information content (AvgIpc) is 3.14. The van der Waals surface area contributed by atoms with Crippen LogP contribution in [0.15, 0.2) is 29.1 Å². The average molecular weight is 401 g/mol. The summed E-state index contributed by atoms with van der Waals surface area (Å²) in [5, 5.41) is 9.64. The van der Waals surface area contributed by atoms with Gasteiger partial charge in [-0.15, -0.1) is 0 Å². The van der Waals surface area contributed by atoms with E-state index in [4.69, 9.17) is 26.4 Å². The molecule has 0 spiro atoms. The summed E-state index contributed by atoms with van der Waals surface area (Å²) in [6.45, 7) is 0.739. The Bertz CT molecular complexity index is 1220. The Morgan fingerprint density at radius 2 is 2.14 bits per heavy atom. The first kappa shape index (κ1) is 18.1. The number of methoxy groups -OCH3 is 1. The largest absolute Gasteiger partial charge is 0.478 e. The van der Waals surface area contributed by atoms with Crippen LogP contribution in [0.25, 0.3) is 22.3 Å². The molecular formula is C18H15N3O6S. The Labute approximate surface area is 163 Å². The van der Waals surface area contributed by atoms with Gasteiger partial charge in [0.1, 0.15) is 5.65 Å². The molecule has 0 bridgehead atoms. The number of fused-ring (bicyclic) bond motifs is 2. The number of benzene rings is 1. The number of aromatic carboxylic acids is 1. The number of H-pyrrole nitrogens is 1. The first-order chi connectivity index (χ1) is 13.5. The zero-order chi connectivity index (χ0) is 19.8. The third-order valence-corrected chi connectivity index (χ3v) is 4.69. The summed E-state index contributed by atoms with van der Waals surface area (Å²) in [6.07, 6.45) is 0. The van der Waals surface area contributed by atoms with Gasteiger partial charge in [-0.25, -0.2) is 9.78 Å². The van der Waals surface area contributed by atoms with Gasteiger partial charge in [0, 0.05) is 12.7 Å². The molecule has 0 aliphatic carbocycles. The number of hydrogen-bond acceptors (Lipinski definition) is 7. The fraction of sp³-hybridized carbons (Fsp3) is 0.222. The second-order valence-electron chi connectivity index (χ2n) is 6.03. The molecule has 0 fully saturated rings. The number of hydrogen-bond donors (Lipinski definition) is 2. The molecule has 3 heterocycles. The zero-order valence-corrected chi connectivity index (χ0v) is 15.5. The van der Waals surface area contributed by atoms with E-state index in [1.807, 2.05) is 0 Å². The number of nitrogens with one attached hydrogen (secondary N) is 1. The molecule has 9 nitrogen and oxygen atoms in total. The Hall–Kier alpha value is -3.24. The minimum Gasteiger partial charge on any atom is -0.478 e. The molecule has 144 valence electrons. The molecule has 0 saturated heterocycles. The van der Waals surface area contributed by atoms with E-state index in [-0.39, 0.29) is 28.2 Å². The number of aromatic nitrogens is 3. The van der Waals surface area contributed by atoms with Crippen molar-refractivity contribution in [1.29, 1.82) is 0 Å². The van der Waals surface area contributed by atoms with Crippen LogP contribution in [-0.2, 0) is 11.3 Å². The summed E-state index contributed by atoms with van der Waals surface area (Å²) in [6, 6.07) is 6.54. The fourth-order valence-electron chi connectivity index (χ4n) is 3.04. The molecule has 2 aromatic heterocycles. The van der Waals surface area contributed by atoms with Gasteiger partial charge >= 0.3 is 5.97 Å². The van der Waals surface area contributed by atoms with Crippen molar-refractivity contribution in [2.75, 3.05) is 20.5 Å². The molecule has 4 rings (SSSR count). The van der Waals surface area contributed by atoms with E-state index in [0.717, 1.165) is 0 Å². The molecule has 0 atom stereocenters. The molecule has 10 heteroatoms. The van der Waals surface area contributed by atoms with E-state index in [1.165, 1.54) is 13.2 Å². The van der Waals surface area contributed by atoms with Crippen LogP contribution in [0.2, 0.25) is 0 Å². The third kappa shape index (κ3) is 3.02. The van der Waals surface area contributed by atoms with E-state index in [1.54, 1.807) is 22.8 Å². The SMILES string of the molecule is COCCn1c(=S)[nH]c(=O)c2c(C(=O)O)cc(-c3ccc4c(c3)OCO4)nc21. The maximum atomic E-state index is 12.4. The lowest BCUT2D eigenvalue weighted by molar-refractivity contribution is 0.0699. The lowest BCUT2D eigenvalue weighted by Crippen LogP contribution is -2.20. The van der Waals surface area contributed by atoms with E-state index in [0.29, 0.717) is 35.9 Å². The minimum absolute atomic E-state index is 0.0401. The first-order valence-corrected chi connectivity index (χ1v) is 8.70. The molecule has 0 unspecified atom stereocenters. The maximum absolute atomic E-state index is 12.4. The van der Waals surface area contributed by atoms with Gasteiger partial charge in [0.25, 0.3) is 5.56 Å². The van der Waals surface area contributed by atoms with Crippen molar-refractivity contribution in [2.24, 2.45) is 0 Å². The predicted molar refractivity (Wildman–Crippen MR) is 102 cm³/mol. The number of carbonyl (C=O) groups is 1. The second-order valence-corrected chi connectivity index (χ2v) is 6.42. The monoisotopic (exact) mass is 401 g/mol. The van der Waals surface area contributed by atoms with E-state index in [9.17, 15) is 14.7 Å². The summed E-state index contributed by atoms with van der Waals surface area (Å²) in [5.41, 5.74) is 0.404. The molecule has 1 aromatic carbocycles. The number of rotatable bonds is 5. The normalized spacial score (nSPS) is 12.5. The van der Waals surface area contributed by atoms with Crippen molar-refractivity contribution in [3.05, 3.63) is 45.0 Å². The van der Waals surface area contributed by atoms with Gasteiger partial charge in [-0.05, 0) is 36.5 Å². The van der Waals surface area contributed by atoms with Crippen LogP contribution in [0.1, 0.15) is 10.4 Å². The van der Waals surface area contributed by atoms with Crippen LogP contribution in [0.3, 0.4) is 0 Å². The smallest absolute Gasteiger partial charge is 0.336 e. The van der Waals surface area contributed by atoms with Crippen LogP contribution in [0.5, 0.6) is 11.5 Å². The van der Waals surface area contributed by atoms with Crippen molar-refractivity contribution >= 4 is 29.2 Å². The Balaban J connectivity index is 2.02. The summed E-state index contributed by atoms with van der Waals surface area (Å²) < 4.78 is 17.5. The van der Waals surface area contributed by atoms with Crippen LogP contribution in [0.4, 0.5) is 0 Å². The van der Waals surface area contributed by atoms with Gasteiger partial charge in [-0.3, -0.25) is 9.78 Å². The molecule has 0 radical (unpaired) electrons. The Kier molecular flexibility index (Phi) is 4.57. The summed E-state index contributed by atoms with van der Waals surface area (Å²) in [7, 11) is 1.53. The van der Waals surface area contributed by atoms with Crippen molar-refractivity contribution < 1.29 is 24.1 Å². The highest BCUT2D eigenvalue weighted by Gasteiger charge is 2.20. The van der Waals surface area contributed by atoms with Gasteiger partial charge in [0.15, 0.2) is 16.3 Å². The molecular weight excluding hydrogens is 386 g/mol. The van der Waals surface area contributed by atoms with Crippen molar-refractivity contribution in [3.63, 3.8) is 0 Å². The van der Waals surface area contributed by atoms with E-state index in [2.05, 4.69) is 9.97 Å². The van der Waals surface area contributed by atoms with Crippen molar-refractivity contribution in [2.45, 2.75) is 6.54 Å². The standard InChI is InChI=1S/C18H15N3O6S/c1-25-5-4-21-15-14(16(22)20-18(21)28)10(17(23)24)7-11(19-15)9-2-3-12-13(6-9)27-8-26-12/h2-3,6-7H,4-5,8H2,1H3,(H,23,24)(H,20,22,28). The molecule has 3 aromatic rings.